The summed E-state index contributed by atoms with van der Waals surface area (Å²) in [7, 11) is 0. The number of aromatic amines is 1. The van der Waals surface area contributed by atoms with Gasteiger partial charge in [0.15, 0.2) is 11.6 Å². The van der Waals surface area contributed by atoms with Crippen molar-refractivity contribution in [2.75, 3.05) is 5.75 Å². The largest absolute Gasteiger partial charge is 0.481 e. The molecule has 118 valence electrons. The van der Waals surface area contributed by atoms with Crippen LogP contribution in [0, 0.1) is 0 Å². The number of H-pyrrole nitrogens is 1. The maximum absolute atomic E-state index is 10.5. The van der Waals surface area contributed by atoms with E-state index in [1.807, 2.05) is 0 Å². The Balaban J connectivity index is 1.81. The fraction of sp³-hybridized carbons (Fsp3) is 0.0714. The number of hydrogen-bond acceptors (Lipinski definition) is 5. The molecule has 0 saturated carbocycles. The van der Waals surface area contributed by atoms with Gasteiger partial charge in [-0.05, 0) is 30.3 Å². The fourth-order valence-corrected chi connectivity index (χ4v) is 2.63. The van der Waals surface area contributed by atoms with Gasteiger partial charge in [0.05, 0.1) is 15.8 Å². The topological polar surface area (TPSA) is 92.0 Å². The highest BCUT2D eigenvalue weighted by Crippen LogP contribution is 2.31. The summed E-state index contributed by atoms with van der Waals surface area (Å²) in [5.41, 5.74) is 0.783. The Morgan fingerprint density at radius 3 is 2.74 bits per heavy atom. The second-order valence-corrected chi connectivity index (χ2v) is 6.20. The summed E-state index contributed by atoms with van der Waals surface area (Å²) in [5, 5.41) is 16.5. The number of halogens is 2. The van der Waals surface area contributed by atoms with E-state index in [1.165, 1.54) is 0 Å². The molecule has 0 spiro atoms. The van der Waals surface area contributed by atoms with Crippen LogP contribution in [0.4, 0.5) is 0 Å². The first-order valence-corrected chi connectivity index (χ1v) is 8.09. The molecule has 23 heavy (non-hydrogen) atoms. The van der Waals surface area contributed by atoms with Gasteiger partial charge in [0.1, 0.15) is 5.76 Å². The van der Waals surface area contributed by atoms with Crippen LogP contribution < -0.4 is 0 Å². The second kappa shape index (κ2) is 6.66. The van der Waals surface area contributed by atoms with Gasteiger partial charge in [-0.15, -0.1) is 5.10 Å². The van der Waals surface area contributed by atoms with Crippen molar-refractivity contribution in [1.29, 1.82) is 0 Å². The van der Waals surface area contributed by atoms with E-state index < -0.39 is 5.97 Å². The predicted molar refractivity (Wildman–Crippen MR) is 87.9 cm³/mol. The number of aliphatic carboxylic acids is 1. The van der Waals surface area contributed by atoms with Gasteiger partial charge in [0.2, 0.25) is 5.16 Å². The molecule has 0 radical (unpaired) electrons. The van der Waals surface area contributed by atoms with Crippen LogP contribution in [0.3, 0.4) is 0 Å². The van der Waals surface area contributed by atoms with Crippen LogP contribution in [0.5, 0.6) is 0 Å². The van der Waals surface area contributed by atoms with E-state index in [2.05, 4.69) is 15.2 Å². The van der Waals surface area contributed by atoms with E-state index in [4.69, 9.17) is 32.7 Å². The molecule has 0 saturated heterocycles. The van der Waals surface area contributed by atoms with Crippen LogP contribution in [-0.2, 0) is 4.79 Å². The Hall–Kier alpha value is -1.96. The van der Waals surface area contributed by atoms with Crippen LogP contribution in [0.1, 0.15) is 0 Å². The Bertz CT molecular complexity index is 863. The molecule has 2 heterocycles. The van der Waals surface area contributed by atoms with Crippen molar-refractivity contribution in [2.24, 2.45) is 0 Å². The summed E-state index contributed by atoms with van der Waals surface area (Å²) < 4.78 is 5.73. The van der Waals surface area contributed by atoms with Crippen LogP contribution in [0.2, 0.25) is 10.0 Å². The molecule has 0 atom stereocenters. The highest BCUT2D eigenvalue weighted by atomic mass is 35.5. The van der Waals surface area contributed by atoms with Crippen molar-refractivity contribution < 1.29 is 14.3 Å². The molecule has 0 aliphatic carbocycles. The van der Waals surface area contributed by atoms with Crippen molar-refractivity contribution in [3.8, 4) is 22.9 Å². The number of hydrogen-bond donors (Lipinski definition) is 2. The number of carbonyl (C=O) groups is 1. The average Bonchev–Trinajstić information content (AvgIpc) is 3.16. The monoisotopic (exact) mass is 369 g/mol. The predicted octanol–water partition coefficient (Wildman–Crippen LogP) is 4.22. The smallest absolute Gasteiger partial charge is 0.313 e. The van der Waals surface area contributed by atoms with Crippen molar-refractivity contribution in [2.45, 2.75) is 5.16 Å². The third-order valence-electron chi connectivity index (χ3n) is 2.83. The number of nitrogens with zero attached hydrogens (tertiary/aromatic N) is 2. The van der Waals surface area contributed by atoms with Crippen LogP contribution in [0.15, 0.2) is 39.9 Å². The molecule has 3 rings (SSSR count). The van der Waals surface area contributed by atoms with E-state index in [0.717, 1.165) is 17.3 Å². The van der Waals surface area contributed by atoms with E-state index in [9.17, 15) is 4.79 Å². The molecule has 0 aliphatic rings. The molecule has 0 unspecified atom stereocenters. The normalized spacial score (nSPS) is 10.9. The lowest BCUT2D eigenvalue weighted by atomic mass is 10.2. The quantitative estimate of drug-likeness (QED) is 0.654. The summed E-state index contributed by atoms with van der Waals surface area (Å²) >= 11 is 12.9. The number of rotatable bonds is 5. The van der Waals surface area contributed by atoms with E-state index in [1.54, 1.807) is 30.3 Å². The average molecular weight is 370 g/mol. The Kier molecular flexibility index (Phi) is 4.61. The maximum Gasteiger partial charge on any atom is 0.313 e. The zero-order valence-corrected chi connectivity index (χ0v) is 13.7. The lowest BCUT2D eigenvalue weighted by Gasteiger charge is -1.99. The van der Waals surface area contributed by atoms with Crippen molar-refractivity contribution in [3.63, 3.8) is 0 Å². The van der Waals surface area contributed by atoms with E-state index >= 15 is 0 Å². The number of nitrogens with one attached hydrogen (secondary N) is 1. The molecule has 2 N–H and O–H groups in total. The minimum absolute atomic E-state index is 0.107. The number of furan rings is 1. The number of aromatic nitrogens is 3. The number of benzene rings is 1. The molecule has 9 heteroatoms. The Morgan fingerprint density at radius 2 is 2.00 bits per heavy atom. The first-order chi connectivity index (χ1) is 11.0. The van der Waals surface area contributed by atoms with E-state index in [0.29, 0.717) is 32.5 Å². The van der Waals surface area contributed by atoms with Gasteiger partial charge in [-0.3, -0.25) is 9.89 Å². The SMILES string of the molecule is O=C(O)CSc1n[nH]c(-c2ccc(-c3ccc(Cl)c(Cl)c3)o2)n1. The van der Waals surface area contributed by atoms with Gasteiger partial charge in [0.25, 0.3) is 0 Å². The molecule has 1 aromatic carbocycles. The summed E-state index contributed by atoms with van der Waals surface area (Å²) in [5.74, 6) is 0.477. The minimum Gasteiger partial charge on any atom is -0.481 e. The third kappa shape index (κ3) is 3.69. The van der Waals surface area contributed by atoms with Crippen LogP contribution in [0.25, 0.3) is 22.9 Å². The number of carboxylic acids is 1. The van der Waals surface area contributed by atoms with Crippen molar-refractivity contribution in [1.82, 2.24) is 15.2 Å². The first-order valence-electron chi connectivity index (χ1n) is 6.35. The summed E-state index contributed by atoms with van der Waals surface area (Å²) in [6.07, 6.45) is 0. The van der Waals surface area contributed by atoms with E-state index in [-0.39, 0.29) is 5.75 Å². The molecule has 6 nitrogen and oxygen atoms in total. The highest BCUT2D eigenvalue weighted by molar-refractivity contribution is 7.99. The van der Waals surface area contributed by atoms with Gasteiger partial charge >= 0.3 is 5.97 Å². The Morgan fingerprint density at radius 1 is 1.22 bits per heavy atom. The van der Waals surface area contributed by atoms with Crippen LogP contribution in [-0.4, -0.2) is 32.0 Å². The molecular formula is C14H9Cl2N3O3S. The summed E-state index contributed by atoms with van der Waals surface area (Å²) in [4.78, 5) is 14.7. The van der Waals surface area contributed by atoms with Gasteiger partial charge in [0, 0.05) is 5.56 Å². The molecule has 3 aromatic rings. The maximum atomic E-state index is 10.5. The van der Waals surface area contributed by atoms with Gasteiger partial charge < -0.3 is 9.52 Å². The minimum atomic E-state index is -0.929. The molecule has 2 aromatic heterocycles. The standard InChI is InChI=1S/C14H9Cl2N3O3S/c15-8-2-1-7(5-9(8)16)10-3-4-11(22-10)13-17-14(19-18-13)23-6-12(20)21/h1-5H,6H2,(H,20,21)(H,17,18,19). The van der Waals surface area contributed by atoms with Crippen molar-refractivity contribution in [3.05, 3.63) is 40.4 Å². The second-order valence-electron chi connectivity index (χ2n) is 4.44. The zero-order chi connectivity index (χ0) is 16.4. The van der Waals surface area contributed by atoms with Gasteiger partial charge in [-0.25, -0.2) is 0 Å². The van der Waals surface area contributed by atoms with Crippen molar-refractivity contribution >= 4 is 40.9 Å². The fourth-order valence-electron chi connectivity index (χ4n) is 1.82. The third-order valence-corrected chi connectivity index (χ3v) is 4.40. The molecule has 0 aliphatic heterocycles. The summed E-state index contributed by atoms with van der Waals surface area (Å²) in [6, 6.07) is 8.72. The number of carboxylic acid groups (broad SMARTS) is 1. The molecule has 0 amide bonds. The lowest BCUT2D eigenvalue weighted by Crippen LogP contribution is -1.97. The van der Waals surface area contributed by atoms with Gasteiger partial charge in [-0.2, -0.15) is 4.98 Å². The first kappa shape index (κ1) is 15.9. The number of thioether (sulfide) groups is 1. The molecule has 0 fully saturated rings. The Labute approximate surface area is 144 Å². The molecular weight excluding hydrogens is 361 g/mol. The lowest BCUT2D eigenvalue weighted by molar-refractivity contribution is -0.133. The molecule has 0 bridgehead atoms. The van der Waals surface area contributed by atoms with Crippen LogP contribution >= 0.6 is 35.0 Å². The zero-order valence-electron chi connectivity index (χ0n) is 11.4. The summed E-state index contributed by atoms with van der Waals surface area (Å²) in [6.45, 7) is 0. The highest BCUT2D eigenvalue weighted by Gasteiger charge is 2.13. The van der Waals surface area contributed by atoms with Gasteiger partial charge in [-0.1, -0.05) is 35.0 Å².